The molecule has 1 aliphatic rings. The van der Waals surface area contributed by atoms with Gasteiger partial charge in [0.1, 0.15) is 0 Å². The number of hydrogen-bond acceptors (Lipinski definition) is 4. The van der Waals surface area contributed by atoms with Crippen molar-refractivity contribution in [1.29, 1.82) is 0 Å². The number of anilines is 1. The maximum atomic E-state index is 12.3. The second-order valence-electron chi connectivity index (χ2n) is 6.85. The number of hydrogen-bond donors (Lipinski definition) is 3. The van der Waals surface area contributed by atoms with Gasteiger partial charge in [-0.25, -0.2) is 0 Å². The fourth-order valence-electron chi connectivity index (χ4n) is 3.29. The second-order valence-corrected chi connectivity index (χ2v) is 6.85. The molecule has 0 atom stereocenters. The van der Waals surface area contributed by atoms with E-state index in [1.54, 1.807) is 36.4 Å². The Morgan fingerprint density at radius 1 is 0.964 bits per heavy atom. The fourth-order valence-corrected chi connectivity index (χ4v) is 3.29. The van der Waals surface area contributed by atoms with E-state index in [1.807, 2.05) is 23.1 Å². The normalized spacial score (nSPS) is 15.0. The molecule has 1 aliphatic heterocycles. The van der Waals surface area contributed by atoms with E-state index in [9.17, 15) is 14.4 Å². The first-order valence-corrected chi connectivity index (χ1v) is 9.30. The molecule has 0 bridgehead atoms. The molecular formula is C21H24N4O3. The predicted molar refractivity (Wildman–Crippen MR) is 107 cm³/mol. The maximum absolute atomic E-state index is 12.3. The summed E-state index contributed by atoms with van der Waals surface area (Å²) >= 11 is 0. The highest BCUT2D eigenvalue weighted by molar-refractivity contribution is 6.03. The van der Waals surface area contributed by atoms with E-state index in [0.29, 0.717) is 24.3 Å². The van der Waals surface area contributed by atoms with E-state index >= 15 is 0 Å². The summed E-state index contributed by atoms with van der Waals surface area (Å²) in [4.78, 5) is 38.0. The van der Waals surface area contributed by atoms with Crippen LogP contribution >= 0.6 is 0 Å². The lowest BCUT2D eigenvalue weighted by Gasteiger charge is -2.31. The van der Waals surface area contributed by atoms with Gasteiger partial charge in [-0.2, -0.15) is 0 Å². The van der Waals surface area contributed by atoms with Gasteiger partial charge in [-0.15, -0.1) is 0 Å². The summed E-state index contributed by atoms with van der Waals surface area (Å²) in [5.74, 6) is -0.841. The zero-order valence-electron chi connectivity index (χ0n) is 15.6. The van der Waals surface area contributed by atoms with E-state index in [4.69, 9.17) is 5.73 Å². The van der Waals surface area contributed by atoms with Crippen LogP contribution in [0, 0.1) is 0 Å². The average molecular weight is 380 g/mol. The second kappa shape index (κ2) is 9.14. The number of carbonyl (C=O) groups is 3. The maximum Gasteiger partial charge on any atom is 0.251 e. The molecule has 1 fully saturated rings. The van der Waals surface area contributed by atoms with Crippen molar-refractivity contribution in [2.45, 2.75) is 18.9 Å². The Morgan fingerprint density at radius 3 is 2.29 bits per heavy atom. The molecule has 0 unspecified atom stereocenters. The number of likely N-dealkylation sites (tertiary alicyclic amines) is 1. The molecule has 0 aliphatic carbocycles. The third kappa shape index (κ3) is 5.17. The summed E-state index contributed by atoms with van der Waals surface area (Å²) in [6, 6.07) is 15.9. The molecule has 0 aromatic heterocycles. The van der Waals surface area contributed by atoms with Crippen LogP contribution in [0.1, 0.15) is 33.6 Å². The Morgan fingerprint density at radius 2 is 1.61 bits per heavy atom. The summed E-state index contributed by atoms with van der Waals surface area (Å²) in [7, 11) is 0. The summed E-state index contributed by atoms with van der Waals surface area (Å²) < 4.78 is 0. The van der Waals surface area contributed by atoms with Gasteiger partial charge in [0.05, 0.1) is 17.8 Å². The number of para-hydroxylation sites is 1. The Hall–Kier alpha value is -3.19. The van der Waals surface area contributed by atoms with Gasteiger partial charge in [0.15, 0.2) is 0 Å². The minimum Gasteiger partial charge on any atom is -0.366 e. The van der Waals surface area contributed by atoms with Gasteiger partial charge >= 0.3 is 0 Å². The van der Waals surface area contributed by atoms with Crippen LogP contribution in [0.4, 0.5) is 5.69 Å². The molecule has 2 aromatic rings. The summed E-state index contributed by atoms with van der Waals surface area (Å²) in [6.45, 7) is 1.65. The molecule has 7 nitrogen and oxygen atoms in total. The fraction of sp³-hybridized carbons (Fsp3) is 0.286. The quantitative estimate of drug-likeness (QED) is 0.708. The highest BCUT2D eigenvalue weighted by Gasteiger charge is 2.22. The molecule has 7 heteroatoms. The molecule has 0 spiro atoms. The predicted octanol–water partition coefficient (Wildman–Crippen LogP) is 1.62. The molecule has 4 N–H and O–H groups in total. The minimum atomic E-state index is -0.578. The topological polar surface area (TPSA) is 105 Å². The number of nitrogens with zero attached hydrogens (tertiary/aromatic N) is 1. The largest absolute Gasteiger partial charge is 0.366 e. The van der Waals surface area contributed by atoms with Crippen molar-refractivity contribution in [2.75, 3.05) is 25.0 Å². The van der Waals surface area contributed by atoms with E-state index in [-0.39, 0.29) is 30.0 Å². The number of piperidine rings is 1. The van der Waals surface area contributed by atoms with Gasteiger partial charge < -0.3 is 16.4 Å². The molecule has 28 heavy (non-hydrogen) atoms. The van der Waals surface area contributed by atoms with Crippen molar-refractivity contribution in [3.05, 3.63) is 65.7 Å². The Kier molecular flexibility index (Phi) is 6.39. The van der Waals surface area contributed by atoms with Crippen LogP contribution in [0.15, 0.2) is 54.6 Å². The number of nitrogens with one attached hydrogen (secondary N) is 2. The molecular weight excluding hydrogens is 356 g/mol. The lowest BCUT2D eigenvalue weighted by Crippen LogP contribution is -2.46. The third-order valence-electron chi connectivity index (χ3n) is 4.79. The van der Waals surface area contributed by atoms with Crippen molar-refractivity contribution in [1.82, 2.24) is 10.2 Å². The molecule has 0 radical (unpaired) electrons. The van der Waals surface area contributed by atoms with Crippen molar-refractivity contribution < 1.29 is 14.4 Å². The highest BCUT2D eigenvalue weighted by Crippen LogP contribution is 2.15. The van der Waals surface area contributed by atoms with Crippen LogP contribution in [0.25, 0.3) is 0 Å². The molecule has 3 rings (SSSR count). The van der Waals surface area contributed by atoms with Gasteiger partial charge in [-0.1, -0.05) is 30.3 Å². The van der Waals surface area contributed by atoms with Crippen molar-refractivity contribution in [3.63, 3.8) is 0 Å². The smallest absolute Gasteiger partial charge is 0.251 e. The monoisotopic (exact) mass is 380 g/mol. The van der Waals surface area contributed by atoms with Gasteiger partial charge in [0.25, 0.3) is 11.8 Å². The van der Waals surface area contributed by atoms with Gasteiger partial charge in [-0.05, 0) is 37.1 Å². The SMILES string of the molecule is NC(=O)c1ccccc1NC(=O)CN1CCC(NC(=O)c2ccccc2)CC1. The molecule has 1 saturated heterocycles. The van der Waals surface area contributed by atoms with Crippen LogP contribution < -0.4 is 16.4 Å². The Labute approximate surface area is 163 Å². The minimum absolute atomic E-state index is 0.0696. The van der Waals surface area contributed by atoms with E-state index < -0.39 is 5.91 Å². The number of benzene rings is 2. The molecule has 3 amide bonds. The van der Waals surface area contributed by atoms with E-state index in [2.05, 4.69) is 10.6 Å². The van der Waals surface area contributed by atoms with Crippen LogP contribution in [0.2, 0.25) is 0 Å². The Bertz CT molecular complexity index is 846. The molecule has 0 saturated carbocycles. The lowest BCUT2D eigenvalue weighted by molar-refractivity contribution is -0.117. The number of rotatable bonds is 6. The summed E-state index contributed by atoms with van der Waals surface area (Å²) in [5, 5.41) is 5.80. The number of carbonyl (C=O) groups excluding carboxylic acids is 3. The van der Waals surface area contributed by atoms with Crippen molar-refractivity contribution in [2.24, 2.45) is 5.73 Å². The average Bonchev–Trinajstić information content (AvgIpc) is 2.70. The van der Waals surface area contributed by atoms with Crippen LogP contribution in [-0.2, 0) is 4.79 Å². The first-order chi connectivity index (χ1) is 13.5. The third-order valence-corrected chi connectivity index (χ3v) is 4.79. The zero-order valence-corrected chi connectivity index (χ0v) is 15.6. The molecule has 146 valence electrons. The van der Waals surface area contributed by atoms with E-state index in [0.717, 1.165) is 12.8 Å². The highest BCUT2D eigenvalue weighted by atomic mass is 16.2. The van der Waals surface area contributed by atoms with Crippen LogP contribution in [0.3, 0.4) is 0 Å². The first-order valence-electron chi connectivity index (χ1n) is 9.30. The Balaban J connectivity index is 1.46. The van der Waals surface area contributed by atoms with Crippen molar-refractivity contribution in [3.8, 4) is 0 Å². The number of amides is 3. The molecule has 2 aromatic carbocycles. The molecule has 1 heterocycles. The number of primary amides is 1. The van der Waals surface area contributed by atoms with Crippen LogP contribution in [0.5, 0.6) is 0 Å². The zero-order chi connectivity index (χ0) is 19.9. The van der Waals surface area contributed by atoms with Gasteiger partial charge in [-0.3, -0.25) is 19.3 Å². The number of nitrogens with two attached hydrogens (primary N) is 1. The summed E-state index contributed by atoms with van der Waals surface area (Å²) in [5.41, 5.74) is 6.70. The van der Waals surface area contributed by atoms with Gasteiger partial charge in [0.2, 0.25) is 5.91 Å². The van der Waals surface area contributed by atoms with Gasteiger partial charge in [0, 0.05) is 24.7 Å². The first kappa shape index (κ1) is 19.6. The van der Waals surface area contributed by atoms with Crippen molar-refractivity contribution >= 4 is 23.4 Å². The summed E-state index contributed by atoms with van der Waals surface area (Å²) in [6.07, 6.45) is 1.56. The lowest BCUT2D eigenvalue weighted by atomic mass is 10.0. The van der Waals surface area contributed by atoms with E-state index in [1.165, 1.54) is 0 Å². The standard InChI is InChI=1S/C21H24N4O3/c22-20(27)17-8-4-5-9-18(17)24-19(26)14-25-12-10-16(11-13-25)23-21(28)15-6-2-1-3-7-15/h1-9,16H,10-14H2,(H2,22,27)(H,23,28)(H,24,26). The van der Waals surface area contributed by atoms with Crippen LogP contribution in [-0.4, -0.2) is 48.3 Å².